The number of ether oxygens (including phenoxy) is 1. The predicted octanol–water partition coefficient (Wildman–Crippen LogP) is 8.54. The van der Waals surface area contributed by atoms with Gasteiger partial charge in [0, 0.05) is 6.92 Å². The molecule has 0 fully saturated rings. The van der Waals surface area contributed by atoms with Crippen LogP contribution in [-0.4, -0.2) is 12.6 Å². The van der Waals surface area contributed by atoms with Gasteiger partial charge < -0.3 is 4.74 Å². The number of allylic oxidation sites excluding steroid dienone is 2. The van der Waals surface area contributed by atoms with Crippen molar-refractivity contribution in [2.24, 2.45) is 0 Å². The zero-order valence-corrected chi connectivity index (χ0v) is 18.6. The van der Waals surface area contributed by atoms with E-state index in [9.17, 15) is 4.79 Å². The second kappa shape index (κ2) is 23.2. The third kappa shape index (κ3) is 25.2. The summed E-state index contributed by atoms with van der Waals surface area (Å²) in [6.45, 7) is 4.36. The van der Waals surface area contributed by atoms with E-state index in [1.165, 1.54) is 122 Å². The van der Waals surface area contributed by atoms with E-state index in [2.05, 4.69) is 19.1 Å². The molecule has 2 heteroatoms. The monoisotopic (exact) mass is 380 g/mol. The van der Waals surface area contributed by atoms with Gasteiger partial charge in [-0.05, 0) is 32.1 Å². The maximum atomic E-state index is 10.6. The average molecular weight is 381 g/mol. The predicted molar refractivity (Wildman–Crippen MR) is 119 cm³/mol. The minimum atomic E-state index is -0.154. The summed E-state index contributed by atoms with van der Waals surface area (Å²) in [5.41, 5.74) is 0. The fourth-order valence-corrected chi connectivity index (χ4v) is 3.45. The Labute approximate surface area is 170 Å². The molecular formula is C25H48O2. The minimum Gasteiger partial charge on any atom is -0.466 e. The lowest BCUT2D eigenvalue weighted by Crippen LogP contribution is -2.00. The van der Waals surface area contributed by atoms with Crippen molar-refractivity contribution in [1.29, 1.82) is 0 Å². The van der Waals surface area contributed by atoms with E-state index in [0.717, 1.165) is 6.42 Å². The maximum Gasteiger partial charge on any atom is 0.302 e. The molecule has 0 rings (SSSR count). The summed E-state index contributed by atoms with van der Waals surface area (Å²) in [5, 5.41) is 0. The first-order valence-corrected chi connectivity index (χ1v) is 12.1. The van der Waals surface area contributed by atoms with E-state index < -0.39 is 0 Å². The molecular weight excluding hydrogens is 332 g/mol. The van der Waals surface area contributed by atoms with E-state index in [0.29, 0.717) is 6.61 Å². The van der Waals surface area contributed by atoms with E-state index >= 15 is 0 Å². The van der Waals surface area contributed by atoms with Crippen molar-refractivity contribution < 1.29 is 9.53 Å². The van der Waals surface area contributed by atoms with Crippen molar-refractivity contribution in [3.63, 3.8) is 0 Å². The molecule has 0 saturated carbocycles. The van der Waals surface area contributed by atoms with Crippen LogP contribution in [0.2, 0.25) is 0 Å². The highest BCUT2D eigenvalue weighted by Gasteiger charge is 1.95. The molecule has 0 aliphatic heterocycles. The van der Waals surface area contributed by atoms with Gasteiger partial charge in [0.25, 0.3) is 0 Å². The molecule has 27 heavy (non-hydrogen) atoms. The SMILES string of the molecule is CCCCCCCC/C=C\CCCCCCCCCCCCCOC(C)=O. The van der Waals surface area contributed by atoms with Crippen molar-refractivity contribution >= 4 is 5.97 Å². The first kappa shape index (κ1) is 26.2. The van der Waals surface area contributed by atoms with Gasteiger partial charge in [-0.2, -0.15) is 0 Å². The van der Waals surface area contributed by atoms with Gasteiger partial charge in [0.15, 0.2) is 0 Å². The number of unbranched alkanes of at least 4 members (excludes halogenated alkanes) is 17. The Morgan fingerprint density at radius 2 is 0.963 bits per heavy atom. The molecule has 0 aliphatic rings. The summed E-state index contributed by atoms with van der Waals surface area (Å²) in [7, 11) is 0. The van der Waals surface area contributed by atoms with E-state index in [1.807, 2.05) is 0 Å². The third-order valence-corrected chi connectivity index (χ3v) is 5.21. The van der Waals surface area contributed by atoms with E-state index in [-0.39, 0.29) is 5.97 Å². The molecule has 2 nitrogen and oxygen atoms in total. The van der Waals surface area contributed by atoms with Crippen molar-refractivity contribution in [2.75, 3.05) is 6.61 Å². The lowest BCUT2D eigenvalue weighted by Gasteiger charge is -2.03. The van der Waals surface area contributed by atoms with Crippen LogP contribution in [0.4, 0.5) is 0 Å². The summed E-state index contributed by atoms with van der Waals surface area (Å²) >= 11 is 0. The van der Waals surface area contributed by atoms with Gasteiger partial charge in [-0.25, -0.2) is 0 Å². The molecule has 0 aromatic heterocycles. The van der Waals surface area contributed by atoms with Gasteiger partial charge in [0.2, 0.25) is 0 Å². The quantitative estimate of drug-likeness (QED) is 0.113. The topological polar surface area (TPSA) is 26.3 Å². The Kier molecular flexibility index (Phi) is 22.6. The molecule has 160 valence electrons. The molecule has 0 N–H and O–H groups in total. The number of hydrogen-bond acceptors (Lipinski definition) is 2. The van der Waals surface area contributed by atoms with Crippen LogP contribution in [0.5, 0.6) is 0 Å². The molecule has 0 aromatic rings. The second-order valence-electron chi connectivity index (χ2n) is 8.05. The fourth-order valence-electron chi connectivity index (χ4n) is 3.45. The molecule has 0 atom stereocenters. The Hall–Kier alpha value is -0.790. The molecule has 0 aliphatic carbocycles. The van der Waals surface area contributed by atoms with Crippen molar-refractivity contribution in [1.82, 2.24) is 0 Å². The largest absolute Gasteiger partial charge is 0.466 e. The summed E-state index contributed by atoms with van der Waals surface area (Å²) < 4.78 is 4.94. The summed E-state index contributed by atoms with van der Waals surface area (Å²) in [4.78, 5) is 10.6. The van der Waals surface area contributed by atoms with Crippen LogP contribution in [-0.2, 0) is 9.53 Å². The van der Waals surface area contributed by atoms with Gasteiger partial charge in [-0.15, -0.1) is 0 Å². The number of rotatable bonds is 21. The zero-order chi connectivity index (χ0) is 19.8. The van der Waals surface area contributed by atoms with Crippen LogP contribution in [0, 0.1) is 0 Å². The third-order valence-electron chi connectivity index (χ3n) is 5.21. The smallest absolute Gasteiger partial charge is 0.302 e. The molecule has 0 unspecified atom stereocenters. The van der Waals surface area contributed by atoms with E-state index in [1.54, 1.807) is 0 Å². The van der Waals surface area contributed by atoms with Crippen LogP contribution in [0.15, 0.2) is 12.2 Å². The number of carbonyl (C=O) groups is 1. The van der Waals surface area contributed by atoms with Gasteiger partial charge in [-0.1, -0.05) is 109 Å². The number of hydrogen-bond donors (Lipinski definition) is 0. The second-order valence-corrected chi connectivity index (χ2v) is 8.05. The van der Waals surface area contributed by atoms with Gasteiger partial charge in [-0.3, -0.25) is 4.79 Å². The maximum absolute atomic E-state index is 10.6. The van der Waals surface area contributed by atoms with Crippen molar-refractivity contribution in [3.8, 4) is 0 Å². The molecule has 0 spiro atoms. The standard InChI is InChI=1S/C25H48O2/c1-3-4-5-6-7-8-9-10-11-12-13-14-15-16-17-18-19-20-21-22-23-24-27-25(2)26/h10-11H,3-9,12-24H2,1-2H3/b11-10-. The summed E-state index contributed by atoms with van der Waals surface area (Å²) in [6.07, 6.45) is 30.4. The van der Waals surface area contributed by atoms with Crippen LogP contribution in [0.25, 0.3) is 0 Å². The summed E-state index contributed by atoms with van der Waals surface area (Å²) in [6, 6.07) is 0. The van der Waals surface area contributed by atoms with Crippen LogP contribution in [0.3, 0.4) is 0 Å². The fraction of sp³-hybridized carbons (Fsp3) is 0.880. The lowest BCUT2D eigenvalue weighted by molar-refractivity contribution is -0.141. The minimum absolute atomic E-state index is 0.154. The molecule has 0 aromatic carbocycles. The van der Waals surface area contributed by atoms with Crippen molar-refractivity contribution in [2.45, 2.75) is 136 Å². The number of carbonyl (C=O) groups excluding carboxylic acids is 1. The van der Waals surface area contributed by atoms with Gasteiger partial charge in [0.05, 0.1) is 6.61 Å². The normalized spacial score (nSPS) is 11.3. The number of esters is 1. The van der Waals surface area contributed by atoms with Gasteiger partial charge >= 0.3 is 5.97 Å². The van der Waals surface area contributed by atoms with Crippen LogP contribution in [0.1, 0.15) is 136 Å². The molecule has 0 saturated heterocycles. The van der Waals surface area contributed by atoms with Crippen molar-refractivity contribution in [3.05, 3.63) is 12.2 Å². The van der Waals surface area contributed by atoms with Crippen LogP contribution < -0.4 is 0 Å². The molecule has 0 radical (unpaired) electrons. The Morgan fingerprint density at radius 3 is 1.37 bits per heavy atom. The zero-order valence-electron chi connectivity index (χ0n) is 18.6. The van der Waals surface area contributed by atoms with E-state index in [4.69, 9.17) is 4.74 Å². The Bertz CT molecular complexity index is 322. The highest BCUT2D eigenvalue weighted by atomic mass is 16.5. The first-order chi connectivity index (χ1) is 13.3. The van der Waals surface area contributed by atoms with Gasteiger partial charge in [0.1, 0.15) is 0 Å². The average Bonchev–Trinajstić information content (AvgIpc) is 2.65. The Morgan fingerprint density at radius 1 is 0.593 bits per heavy atom. The molecule has 0 amide bonds. The highest BCUT2D eigenvalue weighted by molar-refractivity contribution is 5.65. The lowest BCUT2D eigenvalue weighted by atomic mass is 10.0. The first-order valence-electron chi connectivity index (χ1n) is 12.1. The molecule has 0 heterocycles. The Balaban J connectivity index is 3.06. The highest BCUT2D eigenvalue weighted by Crippen LogP contribution is 2.12. The summed E-state index contributed by atoms with van der Waals surface area (Å²) in [5.74, 6) is -0.154. The molecule has 0 bridgehead atoms. The van der Waals surface area contributed by atoms with Crippen LogP contribution >= 0.6 is 0 Å².